The predicted molar refractivity (Wildman–Crippen MR) is 90.1 cm³/mol. The summed E-state index contributed by atoms with van der Waals surface area (Å²) in [5.41, 5.74) is 0.770. The second-order valence-corrected chi connectivity index (χ2v) is 6.96. The molecule has 0 radical (unpaired) electrons. The molecule has 6 heteroatoms. The van der Waals surface area contributed by atoms with E-state index in [-0.39, 0.29) is 23.1 Å². The van der Waals surface area contributed by atoms with Crippen molar-refractivity contribution < 1.29 is 9.59 Å². The molecule has 0 spiro atoms. The van der Waals surface area contributed by atoms with Crippen LogP contribution in [0.1, 0.15) is 20.8 Å². The van der Waals surface area contributed by atoms with Gasteiger partial charge in [0.2, 0.25) is 11.8 Å². The lowest BCUT2D eigenvalue weighted by Gasteiger charge is -2.35. The first kappa shape index (κ1) is 16.8. The molecule has 22 heavy (non-hydrogen) atoms. The summed E-state index contributed by atoms with van der Waals surface area (Å²) < 4.78 is 0. The predicted octanol–water partition coefficient (Wildman–Crippen LogP) is 1.95. The third-order valence-electron chi connectivity index (χ3n) is 3.62. The number of carbonyl (C=O) groups is 2. The third-order valence-corrected chi connectivity index (χ3v) is 4.72. The number of carbonyl (C=O) groups excluding carboxylic acids is 2. The highest BCUT2D eigenvalue weighted by Crippen LogP contribution is 2.26. The van der Waals surface area contributed by atoms with Crippen molar-refractivity contribution in [1.29, 1.82) is 0 Å². The molecule has 2 N–H and O–H groups in total. The molecule has 1 fully saturated rings. The summed E-state index contributed by atoms with van der Waals surface area (Å²) >= 11 is 1.55. The Morgan fingerprint density at radius 1 is 1.36 bits per heavy atom. The molecule has 5 nitrogen and oxygen atoms in total. The monoisotopic (exact) mass is 321 g/mol. The van der Waals surface area contributed by atoms with Crippen LogP contribution in [0.15, 0.2) is 29.2 Å². The van der Waals surface area contributed by atoms with Crippen LogP contribution in [0.25, 0.3) is 0 Å². The minimum Gasteiger partial charge on any atom is -0.336 e. The average molecular weight is 321 g/mol. The quantitative estimate of drug-likeness (QED) is 0.832. The van der Waals surface area contributed by atoms with Crippen molar-refractivity contribution in [3.63, 3.8) is 0 Å². The molecule has 1 saturated heterocycles. The van der Waals surface area contributed by atoms with Gasteiger partial charge in [-0.2, -0.15) is 0 Å². The van der Waals surface area contributed by atoms with Crippen molar-refractivity contribution in [2.45, 2.75) is 37.0 Å². The van der Waals surface area contributed by atoms with Gasteiger partial charge in [-0.1, -0.05) is 0 Å². The second kappa shape index (κ2) is 7.65. The van der Waals surface area contributed by atoms with Gasteiger partial charge in [0.05, 0.1) is 5.25 Å². The molecule has 2 unspecified atom stereocenters. The maximum atomic E-state index is 12.5. The summed E-state index contributed by atoms with van der Waals surface area (Å²) in [6.45, 7) is 7.99. The van der Waals surface area contributed by atoms with Crippen LogP contribution in [-0.4, -0.2) is 47.6 Å². The van der Waals surface area contributed by atoms with E-state index >= 15 is 0 Å². The lowest BCUT2D eigenvalue weighted by atomic mass is 10.2. The molecular weight excluding hydrogens is 298 g/mol. The molecule has 120 valence electrons. The zero-order valence-electron chi connectivity index (χ0n) is 13.3. The number of hydrogen-bond donors (Lipinski definition) is 2. The number of hydrogen-bond acceptors (Lipinski definition) is 4. The van der Waals surface area contributed by atoms with E-state index in [0.717, 1.165) is 30.2 Å². The lowest BCUT2D eigenvalue weighted by molar-refractivity contribution is -0.133. The number of thioether (sulfide) groups is 1. The summed E-state index contributed by atoms with van der Waals surface area (Å²) in [4.78, 5) is 26.5. The van der Waals surface area contributed by atoms with E-state index in [1.807, 2.05) is 36.1 Å². The highest BCUT2D eigenvalue weighted by Gasteiger charge is 2.27. The van der Waals surface area contributed by atoms with Crippen LogP contribution in [-0.2, 0) is 9.59 Å². The number of anilines is 1. The molecule has 0 saturated carbocycles. The van der Waals surface area contributed by atoms with Crippen LogP contribution in [0.3, 0.4) is 0 Å². The van der Waals surface area contributed by atoms with E-state index in [9.17, 15) is 9.59 Å². The largest absolute Gasteiger partial charge is 0.336 e. The Balaban J connectivity index is 1.94. The molecular formula is C16H23N3O2S. The minimum atomic E-state index is -0.118. The van der Waals surface area contributed by atoms with Gasteiger partial charge in [0.25, 0.3) is 0 Å². The smallest absolute Gasteiger partial charge is 0.236 e. The summed E-state index contributed by atoms with van der Waals surface area (Å²) in [7, 11) is 0. The van der Waals surface area contributed by atoms with Gasteiger partial charge in [0.15, 0.2) is 0 Å². The first-order valence-electron chi connectivity index (χ1n) is 7.53. The van der Waals surface area contributed by atoms with E-state index in [1.165, 1.54) is 6.92 Å². The molecule has 2 atom stereocenters. The third kappa shape index (κ3) is 4.48. The van der Waals surface area contributed by atoms with Crippen molar-refractivity contribution in [1.82, 2.24) is 10.2 Å². The maximum absolute atomic E-state index is 12.5. The fourth-order valence-electron chi connectivity index (χ4n) is 2.48. The molecule has 0 bridgehead atoms. The van der Waals surface area contributed by atoms with Crippen LogP contribution < -0.4 is 10.6 Å². The van der Waals surface area contributed by atoms with Gasteiger partial charge in [-0.25, -0.2) is 0 Å². The highest BCUT2D eigenvalue weighted by atomic mass is 32.2. The van der Waals surface area contributed by atoms with Crippen LogP contribution in [0, 0.1) is 0 Å². The van der Waals surface area contributed by atoms with E-state index < -0.39 is 0 Å². The lowest BCUT2D eigenvalue weighted by Crippen LogP contribution is -2.54. The first-order chi connectivity index (χ1) is 10.5. The standard InChI is InChI=1S/C16H23N3O2S/c1-11-10-17-8-9-19(11)16(21)12(2)22-15-6-4-14(5-7-15)18-13(3)20/h4-7,11-12,17H,8-10H2,1-3H3,(H,18,20). The molecule has 1 aromatic carbocycles. The molecule has 1 aromatic rings. The van der Waals surface area contributed by atoms with E-state index in [2.05, 4.69) is 17.6 Å². The van der Waals surface area contributed by atoms with Crippen molar-refractivity contribution in [2.75, 3.05) is 25.0 Å². The molecule has 0 aliphatic carbocycles. The second-order valence-electron chi connectivity index (χ2n) is 5.55. The van der Waals surface area contributed by atoms with Crippen LogP contribution in [0.4, 0.5) is 5.69 Å². The Morgan fingerprint density at radius 3 is 2.64 bits per heavy atom. The Kier molecular flexibility index (Phi) is 5.85. The molecule has 2 amide bonds. The van der Waals surface area contributed by atoms with Gasteiger partial charge in [-0.15, -0.1) is 11.8 Å². The Labute approximate surface area is 135 Å². The zero-order valence-corrected chi connectivity index (χ0v) is 14.1. The van der Waals surface area contributed by atoms with E-state index in [0.29, 0.717) is 0 Å². The minimum absolute atomic E-state index is 0.0864. The van der Waals surface area contributed by atoms with Crippen LogP contribution in [0.5, 0.6) is 0 Å². The van der Waals surface area contributed by atoms with E-state index in [4.69, 9.17) is 0 Å². The SMILES string of the molecule is CC(=O)Nc1ccc(SC(C)C(=O)N2CCNCC2C)cc1. The summed E-state index contributed by atoms with van der Waals surface area (Å²) in [5.74, 6) is 0.0987. The number of piperazine rings is 1. The fourth-order valence-corrected chi connectivity index (χ4v) is 3.41. The van der Waals surface area contributed by atoms with Gasteiger partial charge >= 0.3 is 0 Å². The number of amides is 2. The average Bonchev–Trinajstić information content (AvgIpc) is 2.48. The fraction of sp³-hybridized carbons (Fsp3) is 0.500. The topological polar surface area (TPSA) is 61.4 Å². The maximum Gasteiger partial charge on any atom is 0.236 e. The van der Waals surface area contributed by atoms with E-state index in [1.54, 1.807) is 11.8 Å². The summed E-state index contributed by atoms with van der Waals surface area (Å²) in [5, 5.41) is 5.91. The van der Waals surface area contributed by atoms with Gasteiger partial charge in [0.1, 0.15) is 0 Å². The zero-order chi connectivity index (χ0) is 16.1. The molecule has 2 rings (SSSR count). The normalized spacial score (nSPS) is 19.6. The van der Waals surface area contributed by atoms with Gasteiger partial charge in [0, 0.05) is 43.2 Å². The van der Waals surface area contributed by atoms with Crippen molar-refractivity contribution >= 4 is 29.3 Å². The Hall–Kier alpha value is -1.53. The van der Waals surface area contributed by atoms with Crippen molar-refractivity contribution in [2.24, 2.45) is 0 Å². The number of benzene rings is 1. The molecule has 1 aliphatic rings. The van der Waals surface area contributed by atoms with Gasteiger partial charge in [-0.05, 0) is 38.1 Å². The molecule has 0 aromatic heterocycles. The van der Waals surface area contributed by atoms with Crippen molar-refractivity contribution in [3.05, 3.63) is 24.3 Å². The van der Waals surface area contributed by atoms with Crippen LogP contribution >= 0.6 is 11.8 Å². The van der Waals surface area contributed by atoms with Gasteiger partial charge in [-0.3, -0.25) is 9.59 Å². The Bertz CT molecular complexity index is 533. The van der Waals surface area contributed by atoms with Gasteiger partial charge < -0.3 is 15.5 Å². The Morgan fingerprint density at radius 2 is 2.05 bits per heavy atom. The molecule has 1 aliphatic heterocycles. The number of nitrogens with zero attached hydrogens (tertiary/aromatic N) is 1. The van der Waals surface area contributed by atoms with Crippen molar-refractivity contribution in [3.8, 4) is 0 Å². The summed E-state index contributed by atoms with van der Waals surface area (Å²) in [6, 6.07) is 7.82. The first-order valence-corrected chi connectivity index (χ1v) is 8.41. The van der Waals surface area contributed by atoms with Crippen LogP contribution in [0.2, 0.25) is 0 Å². The number of nitrogens with one attached hydrogen (secondary N) is 2. The summed E-state index contributed by atoms with van der Waals surface area (Å²) in [6.07, 6.45) is 0. The number of rotatable bonds is 4. The molecule has 1 heterocycles. The highest BCUT2D eigenvalue weighted by molar-refractivity contribution is 8.00.